The van der Waals surface area contributed by atoms with E-state index < -0.39 is 17.4 Å². The summed E-state index contributed by atoms with van der Waals surface area (Å²) in [6.07, 6.45) is 0. The number of hydrogen-bond donors (Lipinski definition) is 2. The average Bonchev–Trinajstić information content (AvgIpc) is 2.75. The van der Waals surface area contributed by atoms with Gasteiger partial charge in [-0.2, -0.15) is 0 Å². The van der Waals surface area contributed by atoms with E-state index >= 15 is 0 Å². The van der Waals surface area contributed by atoms with Crippen LogP contribution in [0.1, 0.15) is 32.3 Å². The zero-order valence-electron chi connectivity index (χ0n) is 14.0. The second kappa shape index (κ2) is 5.67. The number of dihydropyridines is 1. The molecule has 126 valence electrons. The highest BCUT2D eigenvalue weighted by atomic mass is 35.5. The number of amides is 1. The molecule has 6 heteroatoms. The highest BCUT2D eigenvalue weighted by molar-refractivity contribution is 6.31. The number of allylic oxidation sites excluding steroid dienone is 1. The van der Waals surface area contributed by atoms with Gasteiger partial charge in [0.2, 0.25) is 0 Å². The molecule has 1 unspecified atom stereocenters. The fourth-order valence-electron chi connectivity index (χ4n) is 3.38. The molecule has 2 aliphatic rings. The maximum Gasteiger partial charge on any atom is 0.336 e. The van der Waals surface area contributed by atoms with Crippen molar-refractivity contribution in [3.63, 3.8) is 0 Å². The van der Waals surface area contributed by atoms with Crippen molar-refractivity contribution in [2.75, 3.05) is 7.11 Å². The van der Waals surface area contributed by atoms with E-state index in [2.05, 4.69) is 10.6 Å². The van der Waals surface area contributed by atoms with Crippen LogP contribution in [0, 0.1) is 0 Å². The Morgan fingerprint density at radius 3 is 2.58 bits per heavy atom. The van der Waals surface area contributed by atoms with Crippen LogP contribution in [-0.4, -0.2) is 24.5 Å². The van der Waals surface area contributed by atoms with Crippen molar-refractivity contribution in [1.29, 1.82) is 0 Å². The van der Waals surface area contributed by atoms with Crippen LogP contribution in [0.5, 0.6) is 0 Å². The molecule has 0 radical (unpaired) electrons. The summed E-state index contributed by atoms with van der Waals surface area (Å²) in [4.78, 5) is 25.1. The number of esters is 1. The Hall–Kier alpha value is -2.27. The zero-order chi connectivity index (χ0) is 17.6. The number of hydrogen-bond acceptors (Lipinski definition) is 4. The van der Waals surface area contributed by atoms with E-state index in [1.54, 1.807) is 13.0 Å². The van der Waals surface area contributed by atoms with E-state index in [-0.39, 0.29) is 5.91 Å². The quantitative estimate of drug-likeness (QED) is 0.808. The molecule has 1 atom stereocenters. The van der Waals surface area contributed by atoms with Gasteiger partial charge in [-0.25, -0.2) is 4.79 Å². The van der Waals surface area contributed by atoms with Gasteiger partial charge >= 0.3 is 5.97 Å². The van der Waals surface area contributed by atoms with Crippen LogP contribution >= 0.6 is 11.6 Å². The molecule has 1 aromatic carbocycles. The first-order chi connectivity index (χ1) is 11.3. The van der Waals surface area contributed by atoms with Gasteiger partial charge in [0.1, 0.15) is 0 Å². The lowest BCUT2D eigenvalue weighted by molar-refractivity contribution is -0.136. The largest absolute Gasteiger partial charge is 0.466 e. The van der Waals surface area contributed by atoms with Crippen molar-refractivity contribution in [2.45, 2.75) is 32.2 Å². The lowest BCUT2D eigenvalue weighted by Gasteiger charge is -2.31. The van der Waals surface area contributed by atoms with E-state index in [9.17, 15) is 9.59 Å². The number of carbonyl (C=O) groups is 2. The summed E-state index contributed by atoms with van der Waals surface area (Å²) in [6.45, 7) is 5.64. The van der Waals surface area contributed by atoms with Crippen molar-refractivity contribution in [1.82, 2.24) is 10.6 Å². The Morgan fingerprint density at radius 1 is 1.29 bits per heavy atom. The number of carbonyl (C=O) groups excluding carboxylic acids is 2. The molecule has 0 saturated carbocycles. The molecule has 24 heavy (non-hydrogen) atoms. The number of ether oxygens (including phenoxy) is 1. The Bertz CT molecular complexity index is 808. The number of benzene rings is 1. The second-order valence-electron chi connectivity index (χ2n) is 6.48. The Morgan fingerprint density at radius 2 is 1.96 bits per heavy atom. The summed E-state index contributed by atoms with van der Waals surface area (Å²) < 4.78 is 4.95. The maximum absolute atomic E-state index is 12.7. The highest BCUT2D eigenvalue weighted by Crippen LogP contribution is 2.45. The first-order valence-electron chi connectivity index (χ1n) is 7.65. The molecule has 2 aliphatic heterocycles. The fraction of sp³-hybridized carbons (Fsp3) is 0.333. The number of halogens is 1. The molecule has 0 saturated heterocycles. The molecular formula is C18H19ClN2O3. The highest BCUT2D eigenvalue weighted by Gasteiger charge is 2.47. The molecule has 0 bridgehead atoms. The predicted molar refractivity (Wildman–Crippen MR) is 91.3 cm³/mol. The summed E-state index contributed by atoms with van der Waals surface area (Å²) in [5.74, 6) is -1.25. The first kappa shape index (κ1) is 16.6. The van der Waals surface area contributed by atoms with Gasteiger partial charge in [-0.1, -0.05) is 29.8 Å². The van der Waals surface area contributed by atoms with Gasteiger partial charge in [0.05, 0.1) is 35.4 Å². The van der Waals surface area contributed by atoms with Crippen molar-refractivity contribution in [3.8, 4) is 0 Å². The first-order valence-corrected chi connectivity index (χ1v) is 8.03. The summed E-state index contributed by atoms with van der Waals surface area (Å²) in [6, 6.07) is 7.24. The smallest absolute Gasteiger partial charge is 0.336 e. The van der Waals surface area contributed by atoms with Gasteiger partial charge in [-0.3, -0.25) is 4.79 Å². The molecule has 0 spiro atoms. The van der Waals surface area contributed by atoms with E-state index in [0.29, 0.717) is 27.4 Å². The van der Waals surface area contributed by atoms with Crippen LogP contribution < -0.4 is 10.6 Å². The zero-order valence-corrected chi connectivity index (χ0v) is 14.7. The van der Waals surface area contributed by atoms with E-state index in [1.165, 1.54) is 7.11 Å². The minimum absolute atomic E-state index is 0.207. The Balaban J connectivity index is 2.28. The van der Waals surface area contributed by atoms with Gasteiger partial charge in [0, 0.05) is 10.7 Å². The second-order valence-corrected chi connectivity index (χ2v) is 6.88. The minimum atomic E-state index is -0.566. The molecule has 2 N–H and O–H groups in total. The maximum atomic E-state index is 12.7. The van der Waals surface area contributed by atoms with Crippen LogP contribution in [0.3, 0.4) is 0 Å². The Labute approximate surface area is 145 Å². The number of methoxy groups -OCH3 is 1. The molecule has 2 heterocycles. The molecule has 3 rings (SSSR count). The van der Waals surface area contributed by atoms with Crippen LogP contribution in [0.4, 0.5) is 0 Å². The van der Waals surface area contributed by atoms with E-state index in [4.69, 9.17) is 16.3 Å². The number of rotatable bonds is 2. The minimum Gasteiger partial charge on any atom is -0.466 e. The van der Waals surface area contributed by atoms with Gasteiger partial charge in [-0.05, 0) is 32.4 Å². The van der Waals surface area contributed by atoms with Crippen molar-refractivity contribution >= 4 is 23.5 Å². The van der Waals surface area contributed by atoms with Gasteiger partial charge in [0.15, 0.2) is 0 Å². The predicted octanol–water partition coefficient (Wildman–Crippen LogP) is 2.64. The molecule has 5 nitrogen and oxygen atoms in total. The summed E-state index contributed by atoms with van der Waals surface area (Å²) in [5.41, 5.74) is 2.50. The molecule has 0 fully saturated rings. The summed E-state index contributed by atoms with van der Waals surface area (Å²) >= 11 is 6.38. The van der Waals surface area contributed by atoms with Crippen LogP contribution in [0.2, 0.25) is 5.02 Å². The SMILES string of the molecule is COC(=O)C1=C(C)NC2=C(C(=O)NC2(C)C)C1c1ccccc1Cl. The van der Waals surface area contributed by atoms with Crippen molar-refractivity contribution in [3.05, 3.63) is 57.4 Å². The van der Waals surface area contributed by atoms with Crippen LogP contribution in [0.15, 0.2) is 46.8 Å². The molecule has 0 aromatic heterocycles. The van der Waals surface area contributed by atoms with Crippen LogP contribution in [-0.2, 0) is 14.3 Å². The third kappa shape index (κ3) is 2.40. The fourth-order valence-corrected chi connectivity index (χ4v) is 3.62. The summed E-state index contributed by atoms with van der Waals surface area (Å²) in [5, 5.41) is 6.67. The topological polar surface area (TPSA) is 67.4 Å². The molecule has 1 aromatic rings. The van der Waals surface area contributed by atoms with Crippen LogP contribution in [0.25, 0.3) is 0 Å². The van der Waals surface area contributed by atoms with Gasteiger partial charge in [-0.15, -0.1) is 0 Å². The number of nitrogens with one attached hydrogen (secondary N) is 2. The van der Waals surface area contributed by atoms with Gasteiger partial charge < -0.3 is 15.4 Å². The van der Waals surface area contributed by atoms with Crippen molar-refractivity contribution < 1.29 is 14.3 Å². The Kier molecular flexibility index (Phi) is 3.92. The third-order valence-electron chi connectivity index (χ3n) is 4.48. The summed E-state index contributed by atoms with van der Waals surface area (Å²) in [7, 11) is 1.33. The molecule has 1 amide bonds. The monoisotopic (exact) mass is 346 g/mol. The van der Waals surface area contributed by atoms with Gasteiger partial charge in [0.25, 0.3) is 5.91 Å². The molecular weight excluding hydrogens is 328 g/mol. The third-order valence-corrected chi connectivity index (χ3v) is 4.82. The lowest BCUT2D eigenvalue weighted by Crippen LogP contribution is -2.42. The van der Waals surface area contributed by atoms with E-state index in [0.717, 1.165) is 5.70 Å². The van der Waals surface area contributed by atoms with E-state index in [1.807, 2.05) is 32.0 Å². The van der Waals surface area contributed by atoms with Crippen molar-refractivity contribution in [2.24, 2.45) is 0 Å². The standard InChI is InChI=1S/C18H19ClN2O3/c1-9-12(17(23)24-4)13(10-7-5-6-8-11(10)19)14-15(20-9)18(2,3)21-16(14)22/h5-8,13,20H,1-4H3,(H,21,22). The molecule has 0 aliphatic carbocycles. The average molecular weight is 347 g/mol. The normalized spacial score (nSPS) is 22.0. The lowest BCUT2D eigenvalue weighted by atomic mass is 9.79.